The van der Waals surface area contributed by atoms with Gasteiger partial charge in [-0.3, -0.25) is 0 Å². The van der Waals surface area contributed by atoms with Crippen LogP contribution < -0.4 is 10.6 Å². The van der Waals surface area contributed by atoms with Crippen molar-refractivity contribution in [3.63, 3.8) is 0 Å². The number of hydrogen-bond donors (Lipinski definition) is 2. The SMILES string of the molecule is CCCNC(=O)NC(CC)C(C)C. The van der Waals surface area contributed by atoms with E-state index in [2.05, 4.69) is 31.4 Å². The first-order valence-corrected chi connectivity index (χ1v) is 5.16. The van der Waals surface area contributed by atoms with Gasteiger partial charge in [-0.15, -0.1) is 0 Å². The molecule has 0 bridgehead atoms. The summed E-state index contributed by atoms with van der Waals surface area (Å²) in [5, 5.41) is 5.75. The molecule has 0 aromatic carbocycles. The molecule has 0 heterocycles. The zero-order chi connectivity index (χ0) is 10.3. The van der Waals surface area contributed by atoms with Crippen molar-refractivity contribution in [3.05, 3.63) is 0 Å². The van der Waals surface area contributed by atoms with Gasteiger partial charge < -0.3 is 10.6 Å². The molecule has 2 amide bonds. The maximum absolute atomic E-state index is 11.3. The molecule has 0 fully saturated rings. The zero-order valence-corrected chi connectivity index (χ0v) is 9.18. The van der Waals surface area contributed by atoms with Gasteiger partial charge in [-0.1, -0.05) is 27.7 Å². The highest BCUT2D eigenvalue weighted by molar-refractivity contribution is 5.74. The zero-order valence-electron chi connectivity index (χ0n) is 9.18. The molecule has 3 nitrogen and oxygen atoms in total. The van der Waals surface area contributed by atoms with Gasteiger partial charge in [0, 0.05) is 12.6 Å². The Hall–Kier alpha value is -0.730. The van der Waals surface area contributed by atoms with Crippen LogP contribution in [0.5, 0.6) is 0 Å². The van der Waals surface area contributed by atoms with E-state index < -0.39 is 0 Å². The second kappa shape index (κ2) is 6.75. The largest absolute Gasteiger partial charge is 0.338 e. The third kappa shape index (κ3) is 5.50. The molecule has 1 unspecified atom stereocenters. The average molecular weight is 186 g/mol. The molecule has 0 rings (SSSR count). The minimum atomic E-state index is -0.0394. The summed E-state index contributed by atoms with van der Waals surface area (Å²) in [5.74, 6) is 0.498. The van der Waals surface area contributed by atoms with Crippen LogP contribution in [0.1, 0.15) is 40.5 Å². The van der Waals surface area contributed by atoms with Crippen molar-refractivity contribution in [1.82, 2.24) is 10.6 Å². The van der Waals surface area contributed by atoms with Gasteiger partial charge in [0.15, 0.2) is 0 Å². The van der Waals surface area contributed by atoms with E-state index >= 15 is 0 Å². The maximum Gasteiger partial charge on any atom is 0.315 e. The molecule has 0 aromatic heterocycles. The highest BCUT2D eigenvalue weighted by atomic mass is 16.2. The van der Waals surface area contributed by atoms with Gasteiger partial charge in [0.1, 0.15) is 0 Å². The summed E-state index contributed by atoms with van der Waals surface area (Å²) in [6.07, 6.45) is 1.96. The molecule has 3 heteroatoms. The Morgan fingerprint density at radius 3 is 2.31 bits per heavy atom. The minimum Gasteiger partial charge on any atom is -0.338 e. The van der Waals surface area contributed by atoms with Gasteiger partial charge in [-0.25, -0.2) is 4.79 Å². The Bertz CT molecular complexity index is 146. The number of amides is 2. The van der Waals surface area contributed by atoms with Crippen LogP contribution in [0, 0.1) is 5.92 Å². The lowest BCUT2D eigenvalue weighted by atomic mass is 10.0. The Kier molecular flexibility index (Phi) is 6.37. The van der Waals surface area contributed by atoms with Gasteiger partial charge in [0.05, 0.1) is 0 Å². The van der Waals surface area contributed by atoms with Crippen LogP contribution >= 0.6 is 0 Å². The highest BCUT2D eigenvalue weighted by Crippen LogP contribution is 2.04. The minimum absolute atomic E-state index is 0.0394. The monoisotopic (exact) mass is 186 g/mol. The molecule has 78 valence electrons. The Morgan fingerprint density at radius 2 is 1.92 bits per heavy atom. The number of nitrogens with one attached hydrogen (secondary N) is 2. The predicted molar refractivity (Wildman–Crippen MR) is 55.7 cm³/mol. The van der Waals surface area contributed by atoms with Crippen molar-refractivity contribution in [2.24, 2.45) is 5.92 Å². The van der Waals surface area contributed by atoms with Crippen molar-refractivity contribution in [1.29, 1.82) is 0 Å². The van der Waals surface area contributed by atoms with E-state index in [1.807, 2.05) is 6.92 Å². The molecule has 0 radical (unpaired) electrons. The molecule has 1 atom stereocenters. The maximum atomic E-state index is 11.3. The number of carbonyl (C=O) groups is 1. The summed E-state index contributed by atoms with van der Waals surface area (Å²) in [6, 6.07) is 0.249. The lowest BCUT2D eigenvalue weighted by Crippen LogP contribution is -2.44. The molecule has 0 saturated heterocycles. The second-order valence-corrected chi connectivity index (χ2v) is 3.66. The smallest absolute Gasteiger partial charge is 0.315 e. The van der Waals surface area contributed by atoms with Gasteiger partial charge in [0.2, 0.25) is 0 Å². The molecule has 0 aromatic rings. The Morgan fingerprint density at radius 1 is 1.31 bits per heavy atom. The summed E-state index contributed by atoms with van der Waals surface area (Å²) in [6.45, 7) is 9.12. The van der Waals surface area contributed by atoms with E-state index in [0.717, 1.165) is 19.4 Å². The first-order valence-electron chi connectivity index (χ1n) is 5.16. The van der Waals surface area contributed by atoms with E-state index in [0.29, 0.717) is 5.92 Å². The molecule has 0 aliphatic carbocycles. The van der Waals surface area contributed by atoms with Gasteiger partial charge in [-0.2, -0.15) is 0 Å². The second-order valence-electron chi connectivity index (χ2n) is 3.66. The van der Waals surface area contributed by atoms with E-state index in [1.54, 1.807) is 0 Å². The van der Waals surface area contributed by atoms with Gasteiger partial charge in [-0.05, 0) is 18.8 Å². The lowest BCUT2D eigenvalue weighted by molar-refractivity contribution is 0.232. The van der Waals surface area contributed by atoms with E-state index in [4.69, 9.17) is 0 Å². The standard InChI is InChI=1S/C10H22N2O/c1-5-7-11-10(13)12-9(6-2)8(3)4/h8-9H,5-7H2,1-4H3,(H2,11,12,13). The van der Waals surface area contributed by atoms with Crippen LogP contribution in [-0.2, 0) is 0 Å². The average Bonchev–Trinajstić information content (AvgIpc) is 2.10. The molecule has 2 N–H and O–H groups in total. The lowest BCUT2D eigenvalue weighted by Gasteiger charge is -2.20. The van der Waals surface area contributed by atoms with Crippen molar-refractivity contribution in [3.8, 4) is 0 Å². The van der Waals surface area contributed by atoms with Crippen LogP contribution in [0.2, 0.25) is 0 Å². The third-order valence-corrected chi connectivity index (χ3v) is 2.10. The summed E-state index contributed by atoms with van der Waals surface area (Å²) in [7, 11) is 0. The normalized spacial score (nSPS) is 12.7. The number of urea groups is 1. The van der Waals surface area contributed by atoms with E-state index in [9.17, 15) is 4.79 Å². The first-order chi connectivity index (χ1) is 6.11. The van der Waals surface area contributed by atoms with Crippen LogP contribution in [-0.4, -0.2) is 18.6 Å². The molecular formula is C10H22N2O. The topological polar surface area (TPSA) is 41.1 Å². The van der Waals surface area contributed by atoms with Crippen LogP contribution in [0.3, 0.4) is 0 Å². The Labute approximate surface area is 81.3 Å². The van der Waals surface area contributed by atoms with Gasteiger partial charge >= 0.3 is 6.03 Å². The van der Waals surface area contributed by atoms with Crippen LogP contribution in [0.25, 0.3) is 0 Å². The summed E-state index contributed by atoms with van der Waals surface area (Å²) in [4.78, 5) is 11.3. The number of hydrogen-bond acceptors (Lipinski definition) is 1. The quantitative estimate of drug-likeness (QED) is 0.678. The van der Waals surface area contributed by atoms with E-state index in [-0.39, 0.29) is 12.1 Å². The fourth-order valence-corrected chi connectivity index (χ4v) is 1.20. The third-order valence-electron chi connectivity index (χ3n) is 2.10. The summed E-state index contributed by atoms with van der Waals surface area (Å²) in [5.41, 5.74) is 0. The summed E-state index contributed by atoms with van der Waals surface area (Å²) < 4.78 is 0. The highest BCUT2D eigenvalue weighted by Gasteiger charge is 2.12. The van der Waals surface area contributed by atoms with Crippen molar-refractivity contribution in [2.45, 2.75) is 46.6 Å². The molecule has 0 aliphatic rings. The Balaban J connectivity index is 3.73. The predicted octanol–water partition coefficient (Wildman–Crippen LogP) is 2.13. The van der Waals surface area contributed by atoms with Crippen molar-refractivity contribution >= 4 is 6.03 Å². The molecular weight excluding hydrogens is 164 g/mol. The molecule has 13 heavy (non-hydrogen) atoms. The fraction of sp³-hybridized carbons (Fsp3) is 0.900. The molecule has 0 spiro atoms. The first kappa shape index (κ1) is 12.3. The summed E-state index contributed by atoms with van der Waals surface area (Å²) >= 11 is 0. The fourth-order valence-electron chi connectivity index (χ4n) is 1.20. The van der Waals surface area contributed by atoms with Gasteiger partial charge in [0.25, 0.3) is 0 Å². The molecule has 0 saturated carbocycles. The van der Waals surface area contributed by atoms with Crippen molar-refractivity contribution < 1.29 is 4.79 Å². The number of carbonyl (C=O) groups excluding carboxylic acids is 1. The van der Waals surface area contributed by atoms with Crippen LogP contribution in [0.15, 0.2) is 0 Å². The van der Waals surface area contributed by atoms with Crippen molar-refractivity contribution in [2.75, 3.05) is 6.54 Å². The van der Waals surface area contributed by atoms with E-state index in [1.165, 1.54) is 0 Å². The molecule has 0 aliphatic heterocycles. The number of rotatable bonds is 5. The van der Waals surface area contributed by atoms with Crippen LogP contribution in [0.4, 0.5) is 4.79 Å².